The van der Waals surface area contributed by atoms with Gasteiger partial charge < -0.3 is 9.88 Å². The van der Waals surface area contributed by atoms with Crippen LogP contribution in [0, 0.1) is 6.92 Å². The number of aromatic nitrogens is 2. The van der Waals surface area contributed by atoms with Crippen LogP contribution in [0.5, 0.6) is 0 Å². The Hall–Kier alpha value is -1.29. The van der Waals surface area contributed by atoms with Crippen molar-refractivity contribution in [1.29, 1.82) is 0 Å². The Morgan fingerprint density at radius 3 is 2.95 bits per heavy atom. The van der Waals surface area contributed by atoms with E-state index in [2.05, 4.69) is 46.4 Å². The Morgan fingerprint density at radius 1 is 1.40 bits per heavy atom. The number of aryl methyl sites for hydroxylation is 2. The van der Waals surface area contributed by atoms with Crippen LogP contribution in [0.3, 0.4) is 0 Å². The van der Waals surface area contributed by atoms with Gasteiger partial charge in [-0.2, -0.15) is 0 Å². The van der Waals surface area contributed by atoms with Crippen molar-refractivity contribution in [2.45, 2.75) is 58.5 Å². The SMILES string of the molecule is CCc1ccsc1Cn1cc(C)nc1NC1CCCC1. The maximum absolute atomic E-state index is 4.67. The predicted molar refractivity (Wildman–Crippen MR) is 85.6 cm³/mol. The van der Waals surface area contributed by atoms with Crippen LogP contribution in [0.1, 0.15) is 48.7 Å². The van der Waals surface area contributed by atoms with Crippen LogP contribution in [0.15, 0.2) is 17.6 Å². The fourth-order valence-electron chi connectivity index (χ4n) is 3.01. The Kier molecular flexibility index (Phi) is 4.10. The molecule has 2 heterocycles. The summed E-state index contributed by atoms with van der Waals surface area (Å²) in [5.41, 5.74) is 2.56. The molecule has 1 N–H and O–H groups in total. The van der Waals surface area contributed by atoms with Crippen molar-refractivity contribution in [2.75, 3.05) is 5.32 Å². The van der Waals surface area contributed by atoms with E-state index in [0.29, 0.717) is 6.04 Å². The Bertz CT molecular complexity index is 564. The maximum Gasteiger partial charge on any atom is 0.203 e. The van der Waals surface area contributed by atoms with Crippen molar-refractivity contribution in [3.05, 3.63) is 33.8 Å². The van der Waals surface area contributed by atoms with Gasteiger partial charge in [0.1, 0.15) is 0 Å². The van der Waals surface area contributed by atoms with Crippen molar-refractivity contribution in [3.8, 4) is 0 Å². The molecule has 0 bridgehead atoms. The third-order valence-corrected chi connectivity index (χ3v) is 5.07. The van der Waals surface area contributed by atoms with Crippen LogP contribution in [-0.4, -0.2) is 15.6 Å². The molecular weight excluding hydrogens is 266 g/mol. The number of rotatable bonds is 5. The van der Waals surface area contributed by atoms with Crippen LogP contribution in [0.4, 0.5) is 5.95 Å². The van der Waals surface area contributed by atoms with E-state index in [-0.39, 0.29) is 0 Å². The molecule has 0 spiro atoms. The summed E-state index contributed by atoms with van der Waals surface area (Å²) in [5, 5.41) is 5.83. The van der Waals surface area contributed by atoms with Crippen molar-refractivity contribution in [3.63, 3.8) is 0 Å². The third-order valence-electron chi connectivity index (χ3n) is 4.12. The lowest BCUT2D eigenvalue weighted by atomic mass is 10.2. The molecule has 20 heavy (non-hydrogen) atoms. The molecule has 1 saturated carbocycles. The molecule has 0 atom stereocenters. The molecule has 1 fully saturated rings. The number of nitrogens with zero attached hydrogens (tertiary/aromatic N) is 2. The van der Waals surface area contributed by atoms with Gasteiger partial charge in [-0.15, -0.1) is 11.3 Å². The topological polar surface area (TPSA) is 29.9 Å². The quantitative estimate of drug-likeness (QED) is 0.893. The summed E-state index contributed by atoms with van der Waals surface area (Å²) in [6.45, 7) is 5.24. The Balaban J connectivity index is 1.78. The molecule has 0 aromatic carbocycles. The average molecular weight is 289 g/mol. The predicted octanol–water partition coefficient (Wildman–Crippen LogP) is 4.22. The smallest absolute Gasteiger partial charge is 0.203 e. The van der Waals surface area contributed by atoms with Gasteiger partial charge in [-0.25, -0.2) is 4.98 Å². The number of thiophene rings is 1. The van der Waals surface area contributed by atoms with Crippen LogP contribution < -0.4 is 5.32 Å². The highest BCUT2D eigenvalue weighted by molar-refractivity contribution is 7.10. The maximum atomic E-state index is 4.67. The van der Waals surface area contributed by atoms with E-state index in [4.69, 9.17) is 0 Å². The molecule has 3 rings (SSSR count). The van der Waals surface area contributed by atoms with E-state index in [1.165, 1.54) is 36.1 Å². The van der Waals surface area contributed by atoms with Crippen LogP contribution in [0.25, 0.3) is 0 Å². The second-order valence-corrected chi connectivity index (χ2v) is 6.68. The molecular formula is C16H23N3S. The van der Waals surface area contributed by atoms with Gasteiger partial charge >= 0.3 is 0 Å². The van der Waals surface area contributed by atoms with Crippen LogP contribution >= 0.6 is 11.3 Å². The van der Waals surface area contributed by atoms with Gasteiger partial charge in [0.25, 0.3) is 0 Å². The number of hydrogen-bond acceptors (Lipinski definition) is 3. The Morgan fingerprint density at radius 2 is 2.20 bits per heavy atom. The minimum atomic E-state index is 0.615. The fraction of sp³-hybridized carbons (Fsp3) is 0.562. The molecule has 0 unspecified atom stereocenters. The molecule has 2 aromatic rings. The van der Waals surface area contributed by atoms with E-state index in [9.17, 15) is 0 Å². The van der Waals surface area contributed by atoms with Gasteiger partial charge in [-0.05, 0) is 43.2 Å². The highest BCUT2D eigenvalue weighted by atomic mass is 32.1. The number of hydrogen-bond donors (Lipinski definition) is 1. The second-order valence-electron chi connectivity index (χ2n) is 5.68. The molecule has 0 radical (unpaired) electrons. The molecule has 1 aliphatic rings. The lowest BCUT2D eigenvalue weighted by Crippen LogP contribution is -2.18. The summed E-state index contributed by atoms with van der Waals surface area (Å²) >= 11 is 1.85. The summed E-state index contributed by atoms with van der Waals surface area (Å²) < 4.78 is 2.28. The standard InChI is InChI=1S/C16H23N3S/c1-3-13-8-9-20-15(13)11-19-10-12(2)17-16(19)18-14-6-4-5-7-14/h8-10,14H,3-7,11H2,1-2H3,(H,17,18). The van der Waals surface area contributed by atoms with E-state index >= 15 is 0 Å². The highest BCUT2D eigenvalue weighted by Crippen LogP contribution is 2.24. The molecule has 0 aliphatic heterocycles. The lowest BCUT2D eigenvalue weighted by Gasteiger charge is -2.14. The van der Waals surface area contributed by atoms with Gasteiger partial charge in [0.15, 0.2) is 0 Å². The molecule has 3 nitrogen and oxygen atoms in total. The van der Waals surface area contributed by atoms with Gasteiger partial charge in [0.05, 0.1) is 12.2 Å². The minimum absolute atomic E-state index is 0.615. The van der Waals surface area contributed by atoms with Crippen LogP contribution in [0.2, 0.25) is 0 Å². The van der Waals surface area contributed by atoms with Gasteiger partial charge in [0.2, 0.25) is 5.95 Å². The molecule has 2 aromatic heterocycles. The highest BCUT2D eigenvalue weighted by Gasteiger charge is 2.17. The average Bonchev–Trinajstić information content (AvgIpc) is 3.13. The largest absolute Gasteiger partial charge is 0.353 e. The first-order valence-corrected chi connectivity index (χ1v) is 8.49. The summed E-state index contributed by atoms with van der Waals surface area (Å²) in [7, 11) is 0. The Labute approximate surface area is 125 Å². The fourth-order valence-corrected chi connectivity index (χ4v) is 3.98. The minimum Gasteiger partial charge on any atom is -0.353 e. The van der Waals surface area contributed by atoms with Crippen molar-refractivity contribution in [2.24, 2.45) is 0 Å². The van der Waals surface area contributed by atoms with Gasteiger partial charge in [-0.3, -0.25) is 0 Å². The summed E-state index contributed by atoms with van der Waals surface area (Å²) in [6, 6.07) is 2.86. The molecule has 0 saturated heterocycles. The first-order chi connectivity index (χ1) is 9.76. The molecule has 1 aliphatic carbocycles. The number of imidazole rings is 1. The lowest BCUT2D eigenvalue weighted by molar-refractivity contribution is 0.717. The summed E-state index contributed by atoms with van der Waals surface area (Å²) in [4.78, 5) is 6.12. The van der Waals surface area contributed by atoms with Gasteiger partial charge in [0, 0.05) is 17.1 Å². The third kappa shape index (κ3) is 2.90. The zero-order valence-electron chi connectivity index (χ0n) is 12.4. The summed E-state index contributed by atoms with van der Waals surface area (Å²) in [6.07, 6.45) is 8.54. The summed E-state index contributed by atoms with van der Waals surface area (Å²) in [5.74, 6) is 1.05. The van der Waals surface area contributed by atoms with Gasteiger partial charge in [-0.1, -0.05) is 19.8 Å². The van der Waals surface area contributed by atoms with E-state index < -0.39 is 0 Å². The monoisotopic (exact) mass is 289 g/mol. The zero-order chi connectivity index (χ0) is 13.9. The number of anilines is 1. The van der Waals surface area contributed by atoms with Crippen LogP contribution in [-0.2, 0) is 13.0 Å². The zero-order valence-corrected chi connectivity index (χ0v) is 13.2. The molecule has 0 amide bonds. The first kappa shape index (κ1) is 13.7. The molecule has 108 valence electrons. The normalized spacial score (nSPS) is 15.9. The van der Waals surface area contributed by atoms with Crippen molar-refractivity contribution in [1.82, 2.24) is 9.55 Å². The van der Waals surface area contributed by atoms with Crippen molar-refractivity contribution >= 4 is 17.3 Å². The van der Waals surface area contributed by atoms with E-state index in [1.807, 2.05) is 11.3 Å². The van der Waals surface area contributed by atoms with E-state index in [1.54, 1.807) is 0 Å². The van der Waals surface area contributed by atoms with E-state index in [0.717, 1.165) is 24.6 Å². The second kappa shape index (κ2) is 6.00. The molecule has 4 heteroatoms. The van der Waals surface area contributed by atoms with Crippen molar-refractivity contribution < 1.29 is 0 Å². The first-order valence-electron chi connectivity index (χ1n) is 7.62. The number of nitrogens with one attached hydrogen (secondary N) is 1.